The highest BCUT2D eigenvalue weighted by Gasteiger charge is 2.11. The van der Waals surface area contributed by atoms with E-state index in [2.05, 4.69) is 69.7 Å². The van der Waals surface area contributed by atoms with E-state index in [1.807, 2.05) is 12.1 Å². The highest BCUT2D eigenvalue weighted by Crippen LogP contribution is 2.20. The number of fused-ring (bicyclic) bond motifs is 2. The van der Waals surface area contributed by atoms with Crippen LogP contribution in [0, 0.1) is 6.92 Å². The maximum atomic E-state index is 4.76. The van der Waals surface area contributed by atoms with Crippen LogP contribution in [0.3, 0.4) is 0 Å². The minimum atomic E-state index is 0.549. The van der Waals surface area contributed by atoms with E-state index in [1.54, 1.807) is 17.1 Å². The van der Waals surface area contributed by atoms with E-state index in [1.165, 1.54) is 5.56 Å². The van der Waals surface area contributed by atoms with Gasteiger partial charge in [-0.25, -0.2) is 14.6 Å². The minimum absolute atomic E-state index is 0.549. The molecule has 0 saturated carbocycles. The molecule has 0 aliphatic rings. The predicted molar refractivity (Wildman–Crippen MR) is 104 cm³/mol. The number of aryl methyl sites for hydroxylation is 1. The van der Waals surface area contributed by atoms with Crippen molar-refractivity contribution in [3.8, 4) is 11.3 Å². The maximum Gasteiger partial charge on any atom is 0.221 e. The van der Waals surface area contributed by atoms with Gasteiger partial charge in [-0.05, 0) is 30.7 Å². The van der Waals surface area contributed by atoms with Crippen LogP contribution in [0.2, 0.25) is 0 Å². The number of benzene rings is 2. The van der Waals surface area contributed by atoms with Crippen LogP contribution < -0.4 is 0 Å². The summed E-state index contributed by atoms with van der Waals surface area (Å²) in [5, 5.41) is 9.50. The quantitative estimate of drug-likeness (QED) is 0.494. The van der Waals surface area contributed by atoms with Crippen LogP contribution in [-0.2, 0) is 6.54 Å². The molecule has 0 unspecified atom stereocenters. The maximum absolute atomic E-state index is 4.76. The molecule has 0 aliphatic carbocycles. The van der Waals surface area contributed by atoms with Crippen LogP contribution in [0.15, 0.2) is 67.0 Å². The van der Waals surface area contributed by atoms with Gasteiger partial charge in [0.1, 0.15) is 0 Å². The Labute approximate surface area is 155 Å². The van der Waals surface area contributed by atoms with Gasteiger partial charge >= 0.3 is 0 Å². The van der Waals surface area contributed by atoms with Gasteiger partial charge in [0, 0.05) is 17.1 Å². The van der Waals surface area contributed by atoms with Crippen molar-refractivity contribution < 1.29 is 0 Å². The smallest absolute Gasteiger partial charge is 0.221 e. The molecule has 6 nitrogen and oxygen atoms in total. The molecule has 5 aromatic rings. The van der Waals surface area contributed by atoms with Crippen molar-refractivity contribution in [3.05, 3.63) is 78.1 Å². The summed E-state index contributed by atoms with van der Waals surface area (Å²) < 4.78 is 1.79. The van der Waals surface area contributed by atoms with Crippen LogP contribution >= 0.6 is 0 Å². The van der Waals surface area contributed by atoms with Gasteiger partial charge in [-0.3, -0.25) is 4.98 Å². The predicted octanol–water partition coefficient (Wildman–Crippen LogP) is 3.79. The standard InChI is InChI=1S/C21H16N6/c1-14-4-7-16(8-5-14)19-12-23-20-21(24-19)27(26-25-20)13-15-6-9-18-17(11-15)3-2-10-22-18/h2-12H,13H2,1H3. The first-order valence-electron chi connectivity index (χ1n) is 8.73. The molecule has 130 valence electrons. The number of nitrogens with zero attached hydrogens (tertiary/aromatic N) is 6. The first-order valence-corrected chi connectivity index (χ1v) is 8.73. The summed E-state index contributed by atoms with van der Waals surface area (Å²) >= 11 is 0. The van der Waals surface area contributed by atoms with Crippen LogP contribution in [-0.4, -0.2) is 29.9 Å². The molecular formula is C21H16N6. The van der Waals surface area contributed by atoms with Crippen molar-refractivity contribution in [2.24, 2.45) is 0 Å². The number of hydrogen-bond acceptors (Lipinski definition) is 5. The fourth-order valence-corrected chi connectivity index (χ4v) is 3.12. The molecule has 0 amide bonds. The third-order valence-corrected chi connectivity index (χ3v) is 4.57. The average Bonchev–Trinajstić information content (AvgIpc) is 3.10. The summed E-state index contributed by atoms with van der Waals surface area (Å²) in [6.07, 6.45) is 3.54. The van der Waals surface area contributed by atoms with E-state index < -0.39 is 0 Å². The van der Waals surface area contributed by atoms with Crippen LogP contribution in [0.1, 0.15) is 11.1 Å². The van der Waals surface area contributed by atoms with Crippen molar-refractivity contribution in [3.63, 3.8) is 0 Å². The van der Waals surface area contributed by atoms with Crippen molar-refractivity contribution in [2.75, 3.05) is 0 Å². The van der Waals surface area contributed by atoms with Gasteiger partial charge in [0.2, 0.25) is 5.65 Å². The zero-order valence-corrected chi connectivity index (χ0v) is 14.7. The molecular weight excluding hydrogens is 336 g/mol. The molecule has 3 heterocycles. The zero-order chi connectivity index (χ0) is 18.2. The Kier molecular flexibility index (Phi) is 3.60. The van der Waals surface area contributed by atoms with Gasteiger partial charge in [-0.15, -0.1) is 5.10 Å². The van der Waals surface area contributed by atoms with E-state index in [-0.39, 0.29) is 0 Å². The minimum Gasteiger partial charge on any atom is -0.256 e. The summed E-state index contributed by atoms with van der Waals surface area (Å²) in [6, 6.07) is 18.4. The Balaban J connectivity index is 1.54. The Morgan fingerprint density at radius 3 is 2.74 bits per heavy atom. The van der Waals surface area contributed by atoms with Gasteiger partial charge in [-0.1, -0.05) is 47.2 Å². The topological polar surface area (TPSA) is 69.4 Å². The normalized spacial score (nSPS) is 11.3. The fraction of sp³-hybridized carbons (Fsp3) is 0.0952. The molecule has 0 spiro atoms. The number of aromatic nitrogens is 6. The summed E-state index contributed by atoms with van der Waals surface area (Å²) in [6.45, 7) is 2.64. The Morgan fingerprint density at radius 1 is 0.963 bits per heavy atom. The second-order valence-electron chi connectivity index (χ2n) is 6.55. The summed E-state index contributed by atoms with van der Waals surface area (Å²) in [5.41, 5.74) is 6.38. The van der Waals surface area contributed by atoms with E-state index >= 15 is 0 Å². The van der Waals surface area contributed by atoms with E-state index in [9.17, 15) is 0 Å². The van der Waals surface area contributed by atoms with Crippen molar-refractivity contribution in [1.82, 2.24) is 29.9 Å². The fourth-order valence-electron chi connectivity index (χ4n) is 3.12. The molecule has 27 heavy (non-hydrogen) atoms. The van der Waals surface area contributed by atoms with E-state index in [4.69, 9.17) is 4.98 Å². The van der Waals surface area contributed by atoms with Crippen LogP contribution in [0.4, 0.5) is 0 Å². The molecule has 0 saturated heterocycles. The van der Waals surface area contributed by atoms with E-state index in [0.29, 0.717) is 17.8 Å². The lowest BCUT2D eigenvalue weighted by Gasteiger charge is -2.05. The third-order valence-electron chi connectivity index (χ3n) is 4.57. The Morgan fingerprint density at radius 2 is 1.85 bits per heavy atom. The van der Waals surface area contributed by atoms with Crippen molar-refractivity contribution in [1.29, 1.82) is 0 Å². The highest BCUT2D eigenvalue weighted by atomic mass is 15.4. The molecule has 0 radical (unpaired) electrons. The summed E-state index contributed by atoms with van der Waals surface area (Å²) in [5.74, 6) is 0. The van der Waals surface area contributed by atoms with E-state index in [0.717, 1.165) is 27.7 Å². The molecule has 0 aliphatic heterocycles. The molecule has 0 N–H and O–H groups in total. The molecule has 0 bridgehead atoms. The third kappa shape index (κ3) is 2.91. The molecule has 5 rings (SSSR count). The average molecular weight is 352 g/mol. The monoisotopic (exact) mass is 352 g/mol. The molecule has 0 atom stereocenters. The lowest BCUT2D eigenvalue weighted by atomic mass is 10.1. The molecule has 6 heteroatoms. The number of pyridine rings is 1. The summed E-state index contributed by atoms with van der Waals surface area (Å²) in [7, 11) is 0. The number of hydrogen-bond donors (Lipinski definition) is 0. The highest BCUT2D eigenvalue weighted by molar-refractivity contribution is 5.79. The summed E-state index contributed by atoms with van der Waals surface area (Å²) in [4.78, 5) is 13.5. The lowest BCUT2D eigenvalue weighted by Crippen LogP contribution is -2.03. The Hall–Kier alpha value is -3.67. The van der Waals surface area contributed by atoms with Crippen LogP contribution in [0.5, 0.6) is 0 Å². The van der Waals surface area contributed by atoms with Gasteiger partial charge in [0.15, 0.2) is 5.65 Å². The second kappa shape index (κ2) is 6.25. The molecule has 3 aromatic heterocycles. The Bertz CT molecular complexity index is 1260. The first kappa shape index (κ1) is 15.6. The van der Waals surface area contributed by atoms with Gasteiger partial charge in [0.25, 0.3) is 0 Å². The molecule has 2 aromatic carbocycles. The van der Waals surface area contributed by atoms with Gasteiger partial charge < -0.3 is 0 Å². The SMILES string of the molecule is Cc1ccc(-c2cnc3nnn(Cc4ccc5ncccc5c4)c3n2)cc1. The van der Waals surface area contributed by atoms with Crippen molar-refractivity contribution in [2.45, 2.75) is 13.5 Å². The largest absolute Gasteiger partial charge is 0.256 e. The zero-order valence-electron chi connectivity index (χ0n) is 14.7. The first-order chi connectivity index (χ1) is 13.3. The van der Waals surface area contributed by atoms with Crippen molar-refractivity contribution >= 4 is 22.2 Å². The molecule has 0 fully saturated rings. The number of rotatable bonds is 3. The van der Waals surface area contributed by atoms with Crippen LogP contribution in [0.25, 0.3) is 33.5 Å². The lowest BCUT2D eigenvalue weighted by molar-refractivity contribution is 0.664. The van der Waals surface area contributed by atoms with Gasteiger partial charge in [-0.2, -0.15) is 0 Å². The van der Waals surface area contributed by atoms with Gasteiger partial charge in [0.05, 0.1) is 24.0 Å². The second-order valence-corrected chi connectivity index (χ2v) is 6.55.